The van der Waals surface area contributed by atoms with Crippen molar-refractivity contribution >= 4 is 11.6 Å². The predicted octanol–water partition coefficient (Wildman–Crippen LogP) is 5.95. The number of phenolic OH excluding ortho intramolecular Hbond substituents is 1. The Morgan fingerprint density at radius 3 is 2.29 bits per heavy atom. The van der Waals surface area contributed by atoms with Gasteiger partial charge >= 0.3 is 0 Å². The van der Waals surface area contributed by atoms with Crippen LogP contribution in [0.4, 0.5) is 5.69 Å². The zero-order valence-corrected chi connectivity index (χ0v) is 20.6. The fourth-order valence-electron chi connectivity index (χ4n) is 3.68. The highest BCUT2D eigenvalue weighted by Gasteiger charge is 2.11. The molecule has 3 rings (SSSR count). The lowest BCUT2D eigenvalue weighted by Crippen LogP contribution is -2.30. The average Bonchev–Trinajstić information content (AvgIpc) is 2.85. The number of hydrogen-bond acceptors (Lipinski definition) is 6. The second-order valence-electron chi connectivity index (χ2n) is 8.13. The van der Waals surface area contributed by atoms with Crippen LogP contribution in [0.25, 0.3) is 0 Å². The van der Waals surface area contributed by atoms with E-state index in [9.17, 15) is 9.90 Å². The number of aromatic hydroxyl groups is 1. The summed E-state index contributed by atoms with van der Waals surface area (Å²) in [7, 11) is 1.60. The third kappa shape index (κ3) is 7.93. The molecule has 7 heteroatoms. The van der Waals surface area contributed by atoms with Crippen LogP contribution in [-0.2, 0) is 0 Å². The third-order valence-corrected chi connectivity index (χ3v) is 5.34. The molecule has 0 saturated carbocycles. The van der Waals surface area contributed by atoms with Crippen LogP contribution in [0.15, 0.2) is 66.7 Å². The molecule has 0 fully saturated rings. The molecule has 0 saturated heterocycles. The molecule has 35 heavy (non-hydrogen) atoms. The van der Waals surface area contributed by atoms with Gasteiger partial charge < -0.3 is 24.6 Å². The van der Waals surface area contributed by atoms with E-state index < -0.39 is 0 Å². The molecule has 0 aromatic heterocycles. The van der Waals surface area contributed by atoms with Crippen LogP contribution in [0, 0.1) is 0 Å². The van der Waals surface area contributed by atoms with E-state index in [1.807, 2.05) is 0 Å². The molecule has 1 amide bonds. The Labute approximate surface area is 207 Å². The van der Waals surface area contributed by atoms with Gasteiger partial charge in [-0.15, -0.1) is 0 Å². The summed E-state index contributed by atoms with van der Waals surface area (Å²) in [5.74, 6) is 2.16. The van der Waals surface area contributed by atoms with Crippen molar-refractivity contribution in [3.05, 3.63) is 72.3 Å². The molecular formula is C28H34N2O5. The quantitative estimate of drug-likeness (QED) is 0.316. The minimum atomic E-state index is -0.248. The fourth-order valence-corrected chi connectivity index (χ4v) is 3.68. The Bertz CT molecular complexity index is 1080. The van der Waals surface area contributed by atoms with E-state index in [2.05, 4.69) is 24.1 Å². The summed E-state index contributed by atoms with van der Waals surface area (Å²) in [4.78, 5) is 15.2. The summed E-state index contributed by atoms with van der Waals surface area (Å²) in [5, 5.41) is 12.5. The van der Waals surface area contributed by atoms with Crippen LogP contribution in [0.3, 0.4) is 0 Å². The van der Waals surface area contributed by atoms with Gasteiger partial charge in [-0.05, 0) is 74.5 Å². The van der Waals surface area contributed by atoms with Crippen molar-refractivity contribution in [1.29, 1.82) is 0 Å². The van der Waals surface area contributed by atoms with Crippen LogP contribution >= 0.6 is 0 Å². The van der Waals surface area contributed by atoms with Crippen LogP contribution in [0.1, 0.15) is 37.0 Å². The molecule has 0 atom stereocenters. The van der Waals surface area contributed by atoms with Gasteiger partial charge in [-0.1, -0.05) is 19.9 Å². The van der Waals surface area contributed by atoms with Gasteiger partial charge in [0.1, 0.15) is 23.9 Å². The van der Waals surface area contributed by atoms with Gasteiger partial charge in [-0.25, -0.2) is 0 Å². The highest BCUT2D eigenvalue weighted by atomic mass is 16.5. The number of rotatable bonds is 13. The fraction of sp³-hybridized carbons (Fsp3) is 0.321. The second-order valence-corrected chi connectivity index (χ2v) is 8.13. The smallest absolute Gasteiger partial charge is 0.255 e. The number of anilines is 1. The summed E-state index contributed by atoms with van der Waals surface area (Å²) >= 11 is 0. The molecular weight excluding hydrogens is 444 g/mol. The largest absolute Gasteiger partial charge is 0.508 e. The SMILES string of the molecule is CCCN(CCC)CCOc1cc(NC(=O)c2ccc(Oc3cccc(O)c3)cc2)ccc1OC. The maximum atomic E-state index is 12.8. The van der Waals surface area contributed by atoms with Crippen LogP contribution in [0.5, 0.6) is 28.7 Å². The molecule has 2 N–H and O–H groups in total. The van der Waals surface area contributed by atoms with Gasteiger partial charge in [-0.3, -0.25) is 9.69 Å². The van der Waals surface area contributed by atoms with E-state index in [1.54, 1.807) is 67.8 Å². The lowest BCUT2D eigenvalue weighted by Gasteiger charge is -2.21. The number of carbonyl (C=O) groups excluding carboxylic acids is 1. The number of hydrogen-bond donors (Lipinski definition) is 2. The van der Waals surface area contributed by atoms with Crippen LogP contribution in [-0.4, -0.2) is 49.3 Å². The van der Waals surface area contributed by atoms with Crippen molar-refractivity contribution in [2.75, 3.05) is 38.7 Å². The van der Waals surface area contributed by atoms with Gasteiger partial charge in [0.05, 0.1) is 7.11 Å². The van der Waals surface area contributed by atoms with Crippen molar-refractivity contribution in [1.82, 2.24) is 4.90 Å². The molecule has 186 valence electrons. The molecule has 0 radical (unpaired) electrons. The average molecular weight is 479 g/mol. The Balaban J connectivity index is 1.61. The minimum Gasteiger partial charge on any atom is -0.508 e. The monoisotopic (exact) mass is 478 g/mol. The second kappa shape index (κ2) is 13.2. The zero-order valence-electron chi connectivity index (χ0n) is 20.6. The molecule has 0 aliphatic carbocycles. The molecule has 0 bridgehead atoms. The Morgan fingerprint density at radius 1 is 0.886 bits per heavy atom. The number of methoxy groups -OCH3 is 1. The van der Waals surface area contributed by atoms with Crippen LogP contribution < -0.4 is 19.5 Å². The Hall–Kier alpha value is -3.71. The lowest BCUT2D eigenvalue weighted by molar-refractivity contribution is 0.102. The van der Waals surface area contributed by atoms with Crippen LogP contribution in [0.2, 0.25) is 0 Å². The number of amides is 1. The van der Waals surface area contributed by atoms with Gasteiger partial charge in [0.2, 0.25) is 0 Å². The standard InChI is InChI=1S/C28H34N2O5/c1-4-15-30(16-5-2)17-18-34-27-19-22(11-14-26(27)33-3)29-28(32)21-9-12-24(13-10-21)35-25-8-6-7-23(31)20-25/h6-14,19-20,31H,4-5,15-18H2,1-3H3,(H,29,32). The molecule has 0 heterocycles. The van der Waals surface area contributed by atoms with E-state index in [-0.39, 0.29) is 11.7 Å². The van der Waals surface area contributed by atoms with Crippen molar-refractivity contribution in [2.45, 2.75) is 26.7 Å². The minimum absolute atomic E-state index is 0.126. The summed E-state index contributed by atoms with van der Waals surface area (Å²) in [6, 6.07) is 18.7. The van der Waals surface area contributed by atoms with E-state index >= 15 is 0 Å². The molecule has 3 aromatic rings. The maximum Gasteiger partial charge on any atom is 0.255 e. The first-order valence-corrected chi connectivity index (χ1v) is 11.9. The molecule has 7 nitrogen and oxygen atoms in total. The molecule has 0 aliphatic heterocycles. The van der Waals surface area contributed by atoms with E-state index in [0.717, 1.165) is 32.5 Å². The van der Waals surface area contributed by atoms with Crippen molar-refractivity contribution in [2.24, 2.45) is 0 Å². The number of phenols is 1. The van der Waals surface area contributed by atoms with Gasteiger partial charge in [0, 0.05) is 29.9 Å². The van der Waals surface area contributed by atoms with E-state index in [0.29, 0.717) is 40.9 Å². The van der Waals surface area contributed by atoms with Crippen molar-refractivity contribution in [3.8, 4) is 28.7 Å². The lowest BCUT2D eigenvalue weighted by atomic mass is 10.2. The number of nitrogens with zero attached hydrogens (tertiary/aromatic N) is 1. The number of benzene rings is 3. The third-order valence-electron chi connectivity index (χ3n) is 5.34. The summed E-state index contributed by atoms with van der Waals surface area (Å²) in [6.45, 7) is 7.81. The molecule has 0 unspecified atom stereocenters. The van der Waals surface area contributed by atoms with E-state index in [4.69, 9.17) is 14.2 Å². The number of carbonyl (C=O) groups is 1. The van der Waals surface area contributed by atoms with Gasteiger partial charge in [-0.2, -0.15) is 0 Å². The Kier molecular flexibility index (Phi) is 9.80. The first-order valence-electron chi connectivity index (χ1n) is 11.9. The van der Waals surface area contributed by atoms with Crippen molar-refractivity contribution < 1.29 is 24.1 Å². The summed E-state index contributed by atoms with van der Waals surface area (Å²) < 4.78 is 17.2. The van der Waals surface area contributed by atoms with Gasteiger partial charge in [0.25, 0.3) is 5.91 Å². The zero-order chi connectivity index (χ0) is 25.0. The van der Waals surface area contributed by atoms with Gasteiger partial charge in [0.15, 0.2) is 11.5 Å². The normalized spacial score (nSPS) is 10.7. The van der Waals surface area contributed by atoms with E-state index in [1.165, 1.54) is 6.07 Å². The highest BCUT2D eigenvalue weighted by Crippen LogP contribution is 2.31. The maximum absolute atomic E-state index is 12.8. The first kappa shape index (κ1) is 25.9. The number of ether oxygens (including phenoxy) is 3. The topological polar surface area (TPSA) is 80.3 Å². The Morgan fingerprint density at radius 2 is 1.63 bits per heavy atom. The summed E-state index contributed by atoms with van der Waals surface area (Å²) in [6.07, 6.45) is 2.21. The summed E-state index contributed by atoms with van der Waals surface area (Å²) in [5.41, 5.74) is 1.10. The molecule has 3 aromatic carbocycles. The molecule has 0 aliphatic rings. The first-order chi connectivity index (χ1) is 17.0. The highest BCUT2D eigenvalue weighted by molar-refractivity contribution is 6.04. The number of nitrogens with one attached hydrogen (secondary N) is 1. The van der Waals surface area contributed by atoms with Crippen molar-refractivity contribution in [3.63, 3.8) is 0 Å². The predicted molar refractivity (Wildman–Crippen MR) is 138 cm³/mol. The molecule has 0 spiro atoms.